The maximum Gasteiger partial charge on any atom is 0.256 e. The summed E-state index contributed by atoms with van der Waals surface area (Å²) in [5, 5.41) is 14.5. The fraction of sp³-hybridized carbons (Fsp3) is 0.625. The van der Waals surface area contributed by atoms with E-state index >= 15 is 0 Å². The highest BCUT2D eigenvalue weighted by molar-refractivity contribution is 6.24. The van der Waals surface area contributed by atoms with E-state index in [0.717, 1.165) is 42.4 Å². The van der Waals surface area contributed by atoms with Crippen LogP contribution in [0.15, 0.2) is 17.9 Å². The van der Waals surface area contributed by atoms with Crippen molar-refractivity contribution >= 4 is 11.5 Å². The molecule has 0 unspecified atom stereocenters. The third-order valence-electron chi connectivity index (χ3n) is 6.59. The zero-order valence-corrected chi connectivity index (χ0v) is 17.5. The number of nitrogens with one attached hydrogen (secondary N) is 1. The number of unbranched alkanes of at least 4 members (excludes halogenated alkanes) is 2. The summed E-state index contributed by atoms with van der Waals surface area (Å²) >= 11 is 0. The molecule has 1 spiro atoms. The molecule has 3 heteroatoms. The quantitative estimate of drug-likeness (QED) is 0.625. The predicted octanol–water partition coefficient (Wildman–Crippen LogP) is 5.77. The molecule has 1 aliphatic heterocycles. The third kappa shape index (κ3) is 3.79. The number of hydrogen-bond donors (Lipinski definition) is 2. The molecule has 1 saturated carbocycles. The smallest absolute Gasteiger partial charge is 0.256 e. The summed E-state index contributed by atoms with van der Waals surface area (Å²) in [6.07, 6.45) is 9.95. The molecule has 3 rings (SSSR count). The molecule has 2 aliphatic rings. The Kier molecular flexibility index (Phi) is 5.98. The number of aryl methyl sites for hydroxylation is 3. The number of amides is 1. The van der Waals surface area contributed by atoms with E-state index in [4.69, 9.17) is 0 Å². The number of aliphatic hydroxyl groups is 1. The normalized spacial score (nSPS) is 25.3. The highest BCUT2D eigenvalue weighted by Crippen LogP contribution is 2.45. The van der Waals surface area contributed by atoms with Gasteiger partial charge in [0.25, 0.3) is 5.91 Å². The second-order valence-corrected chi connectivity index (χ2v) is 8.68. The number of carbonyl (C=O) groups excluding carboxylic acids is 1. The van der Waals surface area contributed by atoms with Crippen LogP contribution in [0.25, 0.3) is 5.57 Å². The fourth-order valence-corrected chi connectivity index (χ4v) is 5.22. The van der Waals surface area contributed by atoms with Crippen molar-refractivity contribution in [2.24, 2.45) is 5.92 Å². The Morgan fingerprint density at radius 2 is 1.89 bits per heavy atom. The molecule has 0 radical (unpaired) electrons. The number of aliphatic hydroxyl groups excluding tert-OH is 1. The van der Waals surface area contributed by atoms with Crippen molar-refractivity contribution in [2.45, 2.75) is 91.0 Å². The minimum atomic E-state index is -0.538. The predicted molar refractivity (Wildman–Crippen MR) is 112 cm³/mol. The lowest BCUT2D eigenvalue weighted by atomic mass is 9.73. The van der Waals surface area contributed by atoms with Crippen molar-refractivity contribution in [1.82, 2.24) is 5.32 Å². The molecule has 2 atom stereocenters. The van der Waals surface area contributed by atoms with Crippen LogP contribution in [-0.2, 0) is 11.2 Å². The molecule has 3 nitrogen and oxygen atoms in total. The van der Waals surface area contributed by atoms with Crippen LogP contribution in [0.3, 0.4) is 0 Å². The Morgan fingerprint density at radius 1 is 1.19 bits per heavy atom. The first kappa shape index (κ1) is 20.0. The average molecular weight is 370 g/mol. The molecule has 1 heterocycles. The summed E-state index contributed by atoms with van der Waals surface area (Å²) < 4.78 is 0. The van der Waals surface area contributed by atoms with Crippen molar-refractivity contribution in [3.05, 3.63) is 40.1 Å². The SMILES string of the molecule is CCCCC[C@H]1CCC[C@]2(C1)NC(=O)C(c1c(C)cc(CC)cc1C)=C2O. The monoisotopic (exact) mass is 369 g/mol. The van der Waals surface area contributed by atoms with Crippen LogP contribution in [0.4, 0.5) is 0 Å². The van der Waals surface area contributed by atoms with Gasteiger partial charge in [0.05, 0.1) is 11.1 Å². The van der Waals surface area contributed by atoms with Gasteiger partial charge in [0.15, 0.2) is 0 Å². The van der Waals surface area contributed by atoms with Crippen LogP contribution in [0.2, 0.25) is 0 Å². The molecule has 1 aromatic carbocycles. The number of rotatable bonds is 6. The zero-order valence-electron chi connectivity index (χ0n) is 17.5. The van der Waals surface area contributed by atoms with Crippen molar-refractivity contribution in [1.29, 1.82) is 0 Å². The lowest BCUT2D eigenvalue weighted by Crippen LogP contribution is -2.48. The van der Waals surface area contributed by atoms with E-state index in [2.05, 4.69) is 45.1 Å². The van der Waals surface area contributed by atoms with Gasteiger partial charge in [-0.2, -0.15) is 0 Å². The summed E-state index contributed by atoms with van der Waals surface area (Å²) in [6, 6.07) is 4.30. The first-order valence-corrected chi connectivity index (χ1v) is 10.8. The van der Waals surface area contributed by atoms with Crippen LogP contribution in [0.1, 0.15) is 87.5 Å². The van der Waals surface area contributed by atoms with Gasteiger partial charge in [-0.1, -0.05) is 64.5 Å². The van der Waals surface area contributed by atoms with Crippen molar-refractivity contribution < 1.29 is 9.90 Å². The lowest BCUT2D eigenvalue weighted by Gasteiger charge is -2.38. The standard InChI is InChI=1S/C24H35NO2/c1-5-7-8-10-19-11-9-12-24(15-19)22(26)21(23(27)25-24)20-16(3)13-18(6-2)14-17(20)4/h13-14,19,26H,5-12,15H2,1-4H3,(H,25,27)/t19-,24+/m0/s1. The molecule has 1 fully saturated rings. The van der Waals surface area contributed by atoms with E-state index < -0.39 is 5.54 Å². The Hall–Kier alpha value is -1.77. The van der Waals surface area contributed by atoms with Gasteiger partial charge < -0.3 is 10.4 Å². The molecule has 27 heavy (non-hydrogen) atoms. The van der Waals surface area contributed by atoms with Gasteiger partial charge in [0.2, 0.25) is 0 Å². The molecule has 0 aromatic heterocycles. The van der Waals surface area contributed by atoms with E-state index in [1.54, 1.807) is 0 Å². The second kappa shape index (κ2) is 8.08. The van der Waals surface area contributed by atoms with Crippen LogP contribution in [0.5, 0.6) is 0 Å². The Morgan fingerprint density at radius 3 is 2.52 bits per heavy atom. The first-order chi connectivity index (χ1) is 12.9. The summed E-state index contributed by atoms with van der Waals surface area (Å²) in [5.41, 5.74) is 4.33. The summed E-state index contributed by atoms with van der Waals surface area (Å²) in [5.74, 6) is 0.789. The summed E-state index contributed by atoms with van der Waals surface area (Å²) in [7, 11) is 0. The topological polar surface area (TPSA) is 49.3 Å². The molecule has 1 aliphatic carbocycles. The number of benzene rings is 1. The van der Waals surface area contributed by atoms with Gasteiger partial charge in [-0.25, -0.2) is 0 Å². The summed E-state index contributed by atoms with van der Waals surface area (Å²) in [6.45, 7) is 8.47. The van der Waals surface area contributed by atoms with Crippen molar-refractivity contribution in [3.63, 3.8) is 0 Å². The molecule has 1 aromatic rings. The zero-order chi connectivity index (χ0) is 19.6. The van der Waals surface area contributed by atoms with Gasteiger partial charge in [-0.05, 0) is 61.3 Å². The molecule has 0 saturated heterocycles. The van der Waals surface area contributed by atoms with Crippen molar-refractivity contribution in [3.8, 4) is 0 Å². The maximum absolute atomic E-state index is 13.0. The molecule has 2 N–H and O–H groups in total. The van der Waals surface area contributed by atoms with Crippen LogP contribution in [-0.4, -0.2) is 16.6 Å². The molecule has 1 amide bonds. The van der Waals surface area contributed by atoms with E-state index in [1.165, 1.54) is 37.7 Å². The van der Waals surface area contributed by atoms with Gasteiger partial charge in [-0.3, -0.25) is 4.79 Å². The van der Waals surface area contributed by atoms with E-state index in [9.17, 15) is 9.90 Å². The number of carbonyl (C=O) groups is 1. The second-order valence-electron chi connectivity index (χ2n) is 8.68. The highest BCUT2D eigenvalue weighted by Gasteiger charge is 2.48. The highest BCUT2D eigenvalue weighted by atomic mass is 16.3. The molecule has 148 valence electrons. The average Bonchev–Trinajstić information content (AvgIpc) is 2.85. The molecular formula is C24H35NO2. The molecular weight excluding hydrogens is 334 g/mol. The molecule has 0 bridgehead atoms. The van der Waals surface area contributed by atoms with Crippen molar-refractivity contribution in [2.75, 3.05) is 0 Å². The van der Waals surface area contributed by atoms with Gasteiger partial charge in [0, 0.05) is 0 Å². The maximum atomic E-state index is 13.0. The van der Waals surface area contributed by atoms with Crippen LogP contribution >= 0.6 is 0 Å². The Balaban J connectivity index is 1.93. The van der Waals surface area contributed by atoms with E-state index in [0.29, 0.717) is 17.3 Å². The number of hydrogen-bond acceptors (Lipinski definition) is 2. The van der Waals surface area contributed by atoms with Crippen LogP contribution in [0, 0.1) is 19.8 Å². The summed E-state index contributed by atoms with van der Waals surface area (Å²) in [4.78, 5) is 13.0. The van der Waals surface area contributed by atoms with E-state index in [1.807, 2.05) is 0 Å². The van der Waals surface area contributed by atoms with E-state index in [-0.39, 0.29) is 5.91 Å². The first-order valence-electron chi connectivity index (χ1n) is 10.8. The fourth-order valence-electron chi connectivity index (χ4n) is 5.22. The Labute approximate surface area is 164 Å². The minimum absolute atomic E-state index is 0.0999. The van der Waals surface area contributed by atoms with Gasteiger partial charge in [0.1, 0.15) is 5.76 Å². The lowest BCUT2D eigenvalue weighted by molar-refractivity contribution is -0.116. The van der Waals surface area contributed by atoms with Gasteiger partial charge >= 0.3 is 0 Å². The largest absolute Gasteiger partial charge is 0.509 e. The Bertz CT molecular complexity index is 726. The van der Waals surface area contributed by atoms with Crippen LogP contribution < -0.4 is 5.32 Å². The third-order valence-corrected chi connectivity index (χ3v) is 6.59. The van der Waals surface area contributed by atoms with Gasteiger partial charge in [-0.15, -0.1) is 0 Å². The minimum Gasteiger partial charge on any atom is -0.509 e.